The molecule has 1 aliphatic rings. The minimum absolute atomic E-state index is 0.834. The minimum Gasteiger partial charge on any atom is -0.380 e. The third kappa shape index (κ3) is 5.33. The van der Waals surface area contributed by atoms with E-state index >= 15 is 0 Å². The summed E-state index contributed by atoms with van der Waals surface area (Å²) in [5.41, 5.74) is 0. The predicted molar refractivity (Wildman–Crippen MR) is 51.2 cm³/mol. The average molecular weight is 169 g/mol. The van der Waals surface area contributed by atoms with Crippen molar-refractivity contribution in [2.75, 3.05) is 26.3 Å². The van der Waals surface area contributed by atoms with Crippen molar-refractivity contribution in [3.63, 3.8) is 0 Å². The molecule has 0 aromatic heterocycles. The quantitative estimate of drug-likeness (QED) is 0.440. The standard InChI is InChI=1S/C10H19NO/c1-2-6-11-7-9-12-8-5-10-3-4-10/h2,10-11H,1,3-9H2. The van der Waals surface area contributed by atoms with Gasteiger partial charge in [0.2, 0.25) is 0 Å². The minimum atomic E-state index is 0.834. The Labute approximate surface area is 75.0 Å². The number of nitrogens with one attached hydrogen (secondary N) is 1. The van der Waals surface area contributed by atoms with Crippen molar-refractivity contribution in [3.05, 3.63) is 12.7 Å². The van der Waals surface area contributed by atoms with Crippen LogP contribution in [0.15, 0.2) is 12.7 Å². The molecule has 0 saturated heterocycles. The smallest absolute Gasteiger partial charge is 0.0591 e. The molecule has 0 aliphatic heterocycles. The van der Waals surface area contributed by atoms with Crippen molar-refractivity contribution in [2.24, 2.45) is 5.92 Å². The van der Waals surface area contributed by atoms with Gasteiger partial charge in [0.25, 0.3) is 0 Å². The lowest BCUT2D eigenvalue weighted by atomic mass is 10.3. The van der Waals surface area contributed by atoms with Gasteiger partial charge in [-0.15, -0.1) is 6.58 Å². The summed E-state index contributed by atoms with van der Waals surface area (Å²) in [6, 6.07) is 0. The highest BCUT2D eigenvalue weighted by Crippen LogP contribution is 2.31. The van der Waals surface area contributed by atoms with E-state index in [0.29, 0.717) is 0 Å². The van der Waals surface area contributed by atoms with E-state index in [1.54, 1.807) is 0 Å². The van der Waals surface area contributed by atoms with Crippen molar-refractivity contribution in [1.29, 1.82) is 0 Å². The van der Waals surface area contributed by atoms with E-state index in [0.717, 1.165) is 32.2 Å². The molecule has 12 heavy (non-hydrogen) atoms. The molecule has 0 heterocycles. The van der Waals surface area contributed by atoms with Gasteiger partial charge in [-0.3, -0.25) is 0 Å². The molecule has 1 aliphatic carbocycles. The maximum atomic E-state index is 5.43. The molecule has 70 valence electrons. The summed E-state index contributed by atoms with van der Waals surface area (Å²) < 4.78 is 5.43. The first-order valence-corrected chi connectivity index (χ1v) is 4.83. The summed E-state index contributed by atoms with van der Waals surface area (Å²) in [7, 11) is 0. The van der Waals surface area contributed by atoms with Crippen LogP contribution in [0, 0.1) is 5.92 Å². The summed E-state index contributed by atoms with van der Waals surface area (Å²) in [5, 5.41) is 3.20. The maximum absolute atomic E-state index is 5.43. The van der Waals surface area contributed by atoms with E-state index in [9.17, 15) is 0 Å². The number of ether oxygens (including phenoxy) is 1. The van der Waals surface area contributed by atoms with Crippen molar-refractivity contribution in [1.82, 2.24) is 5.32 Å². The van der Waals surface area contributed by atoms with Gasteiger partial charge in [0.05, 0.1) is 6.61 Å². The van der Waals surface area contributed by atoms with E-state index in [-0.39, 0.29) is 0 Å². The monoisotopic (exact) mass is 169 g/mol. The maximum Gasteiger partial charge on any atom is 0.0591 e. The average Bonchev–Trinajstić information content (AvgIpc) is 2.87. The van der Waals surface area contributed by atoms with Gasteiger partial charge in [0, 0.05) is 19.7 Å². The van der Waals surface area contributed by atoms with E-state index in [4.69, 9.17) is 4.74 Å². The third-order valence-electron chi connectivity index (χ3n) is 2.08. The number of rotatable bonds is 8. The van der Waals surface area contributed by atoms with Crippen LogP contribution in [0.25, 0.3) is 0 Å². The molecule has 0 aromatic rings. The highest BCUT2D eigenvalue weighted by Gasteiger charge is 2.20. The molecule has 0 bridgehead atoms. The normalized spacial score (nSPS) is 16.3. The van der Waals surface area contributed by atoms with E-state index < -0.39 is 0 Å². The van der Waals surface area contributed by atoms with Gasteiger partial charge in [-0.05, 0) is 12.3 Å². The Morgan fingerprint density at radius 2 is 2.25 bits per heavy atom. The van der Waals surface area contributed by atoms with E-state index in [2.05, 4.69) is 11.9 Å². The molecular weight excluding hydrogens is 150 g/mol. The van der Waals surface area contributed by atoms with Gasteiger partial charge in [0.15, 0.2) is 0 Å². The highest BCUT2D eigenvalue weighted by molar-refractivity contribution is 4.72. The van der Waals surface area contributed by atoms with Crippen LogP contribution >= 0.6 is 0 Å². The SMILES string of the molecule is C=CCNCCOCCC1CC1. The fourth-order valence-corrected chi connectivity index (χ4v) is 1.11. The van der Waals surface area contributed by atoms with Gasteiger partial charge in [-0.2, -0.15) is 0 Å². The molecule has 2 heteroatoms. The van der Waals surface area contributed by atoms with Crippen LogP contribution in [0.4, 0.5) is 0 Å². The topological polar surface area (TPSA) is 21.3 Å². The zero-order chi connectivity index (χ0) is 8.65. The van der Waals surface area contributed by atoms with E-state index in [1.807, 2.05) is 6.08 Å². The molecule has 0 unspecified atom stereocenters. The van der Waals surface area contributed by atoms with Gasteiger partial charge in [-0.1, -0.05) is 18.9 Å². The predicted octanol–water partition coefficient (Wildman–Crippen LogP) is 1.58. The zero-order valence-electron chi connectivity index (χ0n) is 7.72. The Bertz CT molecular complexity index is 121. The molecule has 1 saturated carbocycles. The first-order valence-electron chi connectivity index (χ1n) is 4.83. The highest BCUT2D eigenvalue weighted by atomic mass is 16.5. The molecule has 0 spiro atoms. The zero-order valence-corrected chi connectivity index (χ0v) is 7.72. The van der Waals surface area contributed by atoms with Gasteiger partial charge >= 0.3 is 0 Å². The molecule has 0 atom stereocenters. The molecule has 2 nitrogen and oxygen atoms in total. The van der Waals surface area contributed by atoms with Crippen LogP contribution in [-0.2, 0) is 4.74 Å². The van der Waals surface area contributed by atoms with Crippen molar-refractivity contribution >= 4 is 0 Å². The van der Waals surface area contributed by atoms with Crippen LogP contribution in [0.1, 0.15) is 19.3 Å². The van der Waals surface area contributed by atoms with Crippen LogP contribution < -0.4 is 5.32 Å². The van der Waals surface area contributed by atoms with Crippen LogP contribution in [-0.4, -0.2) is 26.3 Å². The molecule has 0 amide bonds. The van der Waals surface area contributed by atoms with Crippen molar-refractivity contribution in [3.8, 4) is 0 Å². The first-order chi connectivity index (χ1) is 5.93. The largest absolute Gasteiger partial charge is 0.380 e. The molecular formula is C10H19NO. The lowest BCUT2D eigenvalue weighted by molar-refractivity contribution is 0.130. The van der Waals surface area contributed by atoms with Crippen molar-refractivity contribution in [2.45, 2.75) is 19.3 Å². The first kappa shape index (κ1) is 9.75. The Kier molecular flexibility index (Phi) is 5.04. The Morgan fingerprint density at radius 1 is 1.42 bits per heavy atom. The fourth-order valence-electron chi connectivity index (χ4n) is 1.11. The molecule has 0 radical (unpaired) electrons. The molecule has 0 aromatic carbocycles. The van der Waals surface area contributed by atoms with Gasteiger partial charge in [-0.25, -0.2) is 0 Å². The second-order valence-electron chi connectivity index (χ2n) is 3.34. The summed E-state index contributed by atoms with van der Waals surface area (Å²) in [4.78, 5) is 0. The summed E-state index contributed by atoms with van der Waals surface area (Å²) >= 11 is 0. The summed E-state index contributed by atoms with van der Waals surface area (Å²) in [6.45, 7) is 7.22. The number of hydrogen-bond donors (Lipinski definition) is 1. The summed E-state index contributed by atoms with van der Waals surface area (Å²) in [6.07, 6.45) is 5.99. The van der Waals surface area contributed by atoms with Crippen LogP contribution in [0.2, 0.25) is 0 Å². The Morgan fingerprint density at radius 3 is 2.92 bits per heavy atom. The van der Waals surface area contributed by atoms with Gasteiger partial charge < -0.3 is 10.1 Å². The van der Waals surface area contributed by atoms with Crippen LogP contribution in [0.5, 0.6) is 0 Å². The number of hydrogen-bond acceptors (Lipinski definition) is 2. The lowest BCUT2D eigenvalue weighted by Crippen LogP contribution is -2.19. The molecule has 1 fully saturated rings. The van der Waals surface area contributed by atoms with Crippen LogP contribution in [0.3, 0.4) is 0 Å². The van der Waals surface area contributed by atoms with Gasteiger partial charge in [0.1, 0.15) is 0 Å². The second kappa shape index (κ2) is 6.21. The van der Waals surface area contributed by atoms with Crippen molar-refractivity contribution < 1.29 is 4.74 Å². The van der Waals surface area contributed by atoms with E-state index in [1.165, 1.54) is 19.3 Å². The lowest BCUT2D eigenvalue weighted by Gasteiger charge is -2.03. The summed E-state index contributed by atoms with van der Waals surface area (Å²) in [5.74, 6) is 0.992. The second-order valence-corrected chi connectivity index (χ2v) is 3.34. The molecule has 1 N–H and O–H groups in total. The fraction of sp³-hybridized carbons (Fsp3) is 0.800. The third-order valence-corrected chi connectivity index (χ3v) is 2.08. The molecule has 1 rings (SSSR count). The Hall–Kier alpha value is -0.340. The Balaban J connectivity index is 1.67.